The van der Waals surface area contributed by atoms with Crippen LogP contribution in [0.1, 0.15) is 33.3 Å². The summed E-state index contributed by atoms with van der Waals surface area (Å²) < 4.78 is 12.2. The van der Waals surface area contributed by atoms with Crippen molar-refractivity contribution in [3.05, 3.63) is 35.9 Å². The van der Waals surface area contributed by atoms with Crippen LogP contribution in [0.4, 0.5) is 0 Å². The lowest BCUT2D eigenvalue weighted by Gasteiger charge is -2.42. The van der Waals surface area contributed by atoms with Crippen molar-refractivity contribution in [1.82, 2.24) is 5.32 Å². The monoisotopic (exact) mass is 397 g/mol. The van der Waals surface area contributed by atoms with Gasteiger partial charge in [0.05, 0.1) is 32.0 Å². The number of hydrogen-bond donors (Lipinski definition) is 3. The maximum atomic E-state index is 11.8. The summed E-state index contributed by atoms with van der Waals surface area (Å²) in [6.07, 6.45) is -1.36. The Morgan fingerprint density at radius 3 is 2.11 bits per heavy atom. The summed E-state index contributed by atoms with van der Waals surface area (Å²) in [4.78, 5) is 11.8. The van der Waals surface area contributed by atoms with Crippen molar-refractivity contribution in [1.29, 1.82) is 0 Å². The van der Waals surface area contributed by atoms with E-state index in [1.165, 1.54) is 6.92 Å². The molecule has 154 valence electrons. The highest BCUT2D eigenvalue weighted by Crippen LogP contribution is 2.37. The van der Waals surface area contributed by atoms with E-state index in [9.17, 15) is 15.0 Å². The lowest BCUT2D eigenvalue weighted by molar-refractivity contribution is -0.124. The Hall–Kier alpha value is -1.25. The highest BCUT2D eigenvalue weighted by atomic mass is 28.4. The standard InChI is InChI=1S/C20H35NO5Si/c1-15(24)21-19(18(13-23)26-27(5,6)20(2,3)4)17(12-22)25-14-16-10-8-7-9-11-16/h7-11,17-19,22-23H,12-14H2,1-6H3,(H,21,24)/t17-,18-,19+/m0/s1. The van der Waals surface area contributed by atoms with Gasteiger partial charge in [-0.05, 0) is 23.7 Å². The zero-order valence-electron chi connectivity index (χ0n) is 17.4. The fraction of sp³-hybridized carbons (Fsp3) is 0.650. The molecular weight excluding hydrogens is 362 g/mol. The average Bonchev–Trinajstić information content (AvgIpc) is 2.59. The van der Waals surface area contributed by atoms with Crippen molar-refractivity contribution in [2.45, 2.75) is 70.7 Å². The number of carbonyl (C=O) groups excluding carboxylic acids is 1. The van der Waals surface area contributed by atoms with Crippen molar-refractivity contribution >= 4 is 14.2 Å². The molecule has 0 bridgehead atoms. The average molecular weight is 398 g/mol. The predicted octanol–water partition coefficient (Wildman–Crippen LogP) is 2.45. The molecule has 1 aromatic rings. The summed E-state index contributed by atoms with van der Waals surface area (Å²) in [5.41, 5.74) is 0.961. The van der Waals surface area contributed by atoms with Gasteiger partial charge in [-0.1, -0.05) is 51.1 Å². The first-order valence-corrected chi connectivity index (χ1v) is 12.2. The first-order valence-electron chi connectivity index (χ1n) is 9.34. The second kappa shape index (κ2) is 10.3. The zero-order valence-corrected chi connectivity index (χ0v) is 18.4. The van der Waals surface area contributed by atoms with Gasteiger partial charge in [0.25, 0.3) is 0 Å². The number of amides is 1. The van der Waals surface area contributed by atoms with Crippen molar-refractivity contribution in [2.24, 2.45) is 0 Å². The van der Waals surface area contributed by atoms with Crippen molar-refractivity contribution in [3.8, 4) is 0 Å². The highest BCUT2D eigenvalue weighted by molar-refractivity contribution is 6.74. The number of aliphatic hydroxyl groups is 2. The third-order valence-corrected chi connectivity index (χ3v) is 9.59. The summed E-state index contributed by atoms with van der Waals surface area (Å²) in [7, 11) is -2.20. The van der Waals surface area contributed by atoms with E-state index < -0.39 is 26.6 Å². The van der Waals surface area contributed by atoms with E-state index in [0.29, 0.717) is 6.61 Å². The molecule has 0 spiro atoms. The quantitative estimate of drug-likeness (QED) is 0.528. The molecule has 0 aliphatic rings. The largest absolute Gasteiger partial charge is 0.409 e. The lowest BCUT2D eigenvalue weighted by Crippen LogP contribution is -2.58. The molecule has 0 radical (unpaired) electrons. The Balaban J connectivity index is 2.98. The van der Waals surface area contributed by atoms with E-state index in [1.54, 1.807) is 0 Å². The van der Waals surface area contributed by atoms with Gasteiger partial charge in [-0.15, -0.1) is 0 Å². The van der Waals surface area contributed by atoms with Gasteiger partial charge in [0.1, 0.15) is 6.10 Å². The van der Waals surface area contributed by atoms with Gasteiger partial charge in [0, 0.05) is 6.92 Å². The lowest BCUT2D eigenvalue weighted by atomic mass is 10.1. The highest BCUT2D eigenvalue weighted by Gasteiger charge is 2.42. The third kappa shape index (κ3) is 7.35. The minimum absolute atomic E-state index is 0.0548. The fourth-order valence-corrected chi connectivity index (χ4v) is 3.82. The summed E-state index contributed by atoms with van der Waals surface area (Å²) in [5.74, 6) is -0.265. The van der Waals surface area contributed by atoms with E-state index >= 15 is 0 Å². The second-order valence-corrected chi connectivity index (χ2v) is 13.1. The Bertz CT molecular complexity index is 573. The molecule has 0 fully saturated rings. The van der Waals surface area contributed by atoms with E-state index in [1.807, 2.05) is 30.3 Å². The molecule has 0 heterocycles. The summed E-state index contributed by atoms with van der Waals surface area (Å²) in [5, 5.41) is 22.6. The number of nitrogens with one attached hydrogen (secondary N) is 1. The molecule has 3 N–H and O–H groups in total. The Morgan fingerprint density at radius 2 is 1.67 bits per heavy atom. The normalized spacial score (nSPS) is 15.9. The van der Waals surface area contributed by atoms with Gasteiger partial charge in [-0.25, -0.2) is 0 Å². The number of hydrogen-bond acceptors (Lipinski definition) is 5. The van der Waals surface area contributed by atoms with Gasteiger partial charge < -0.3 is 24.7 Å². The van der Waals surface area contributed by atoms with Gasteiger partial charge >= 0.3 is 0 Å². The number of ether oxygens (including phenoxy) is 1. The number of rotatable bonds is 10. The maximum Gasteiger partial charge on any atom is 0.217 e. The number of benzene rings is 1. The molecule has 6 nitrogen and oxygen atoms in total. The van der Waals surface area contributed by atoms with Crippen LogP contribution in [0.2, 0.25) is 18.1 Å². The molecule has 7 heteroatoms. The van der Waals surface area contributed by atoms with Crippen LogP contribution in [-0.4, -0.2) is 55.9 Å². The van der Waals surface area contributed by atoms with E-state index in [0.717, 1.165) is 5.56 Å². The Kier molecular flexibility index (Phi) is 9.10. The van der Waals surface area contributed by atoms with Gasteiger partial charge in [-0.2, -0.15) is 0 Å². The fourth-order valence-electron chi connectivity index (χ4n) is 2.49. The SMILES string of the molecule is CC(=O)N[C@H]([C@H](CO)OCc1ccccc1)[C@H](CO)O[Si](C)(C)C(C)(C)C. The topological polar surface area (TPSA) is 88.0 Å². The smallest absolute Gasteiger partial charge is 0.217 e. The minimum atomic E-state index is -2.20. The molecule has 0 unspecified atom stereocenters. The molecular formula is C20H35NO5Si. The van der Waals surface area contributed by atoms with E-state index in [4.69, 9.17) is 9.16 Å². The summed E-state index contributed by atoms with van der Waals surface area (Å²) in [6.45, 7) is 11.6. The van der Waals surface area contributed by atoms with Crippen LogP contribution in [0.3, 0.4) is 0 Å². The number of carbonyl (C=O) groups is 1. The molecule has 1 rings (SSSR count). The molecule has 0 saturated carbocycles. The molecule has 1 amide bonds. The maximum absolute atomic E-state index is 11.8. The van der Waals surface area contributed by atoms with Crippen LogP contribution in [0, 0.1) is 0 Å². The van der Waals surface area contributed by atoms with Gasteiger partial charge in [0.15, 0.2) is 8.32 Å². The zero-order chi connectivity index (χ0) is 20.7. The Labute approximate surface area is 164 Å². The minimum Gasteiger partial charge on any atom is -0.409 e. The molecule has 1 aromatic carbocycles. The van der Waals surface area contributed by atoms with Crippen molar-refractivity contribution in [2.75, 3.05) is 13.2 Å². The van der Waals surface area contributed by atoms with Crippen molar-refractivity contribution < 1.29 is 24.2 Å². The van der Waals surface area contributed by atoms with Crippen LogP contribution in [0.15, 0.2) is 30.3 Å². The van der Waals surface area contributed by atoms with Crippen LogP contribution >= 0.6 is 0 Å². The summed E-state index contributed by atoms with van der Waals surface area (Å²) in [6, 6.07) is 8.94. The third-order valence-electron chi connectivity index (χ3n) is 5.09. The molecule has 0 aromatic heterocycles. The van der Waals surface area contributed by atoms with Gasteiger partial charge in [-0.3, -0.25) is 4.79 Å². The van der Waals surface area contributed by atoms with Crippen LogP contribution in [0.5, 0.6) is 0 Å². The van der Waals surface area contributed by atoms with E-state index in [2.05, 4.69) is 39.2 Å². The van der Waals surface area contributed by atoms with Gasteiger partial charge in [0.2, 0.25) is 5.91 Å². The predicted molar refractivity (Wildman–Crippen MR) is 109 cm³/mol. The van der Waals surface area contributed by atoms with Crippen molar-refractivity contribution in [3.63, 3.8) is 0 Å². The second-order valence-electron chi connectivity index (χ2n) is 8.34. The number of aliphatic hydroxyl groups excluding tert-OH is 2. The van der Waals surface area contributed by atoms with Crippen LogP contribution in [-0.2, 0) is 20.6 Å². The van der Waals surface area contributed by atoms with Crippen LogP contribution in [0.25, 0.3) is 0 Å². The first kappa shape index (κ1) is 23.8. The van der Waals surface area contributed by atoms with E-state index in [-0.39, 0.29) is 24.2 Å². The molecule has 27 heavy (non-hydrogen) atoms. The molecule has 0 saturated heterocycles. The first-order chi connectivity index (χ1) is 12.5. The Morgan fingerprint density at radius 1 is 1.11 bits per heavy atom. The molecule has 3 atom stereocenters. The molecule has 0 aliphatic heterocycles. The summed E-state index contributed by atoms with van der Waals surface area (Å²) >= 11 is 0. The molecule has 0 aliphatic carbocycles. The van der Waals surface area contributed by atoms with Crippen LogP contribution < -0.4 is 5.32 Å².